The predicted molar refractivity (Wildman–Crippen MR) is 71.2 cm³/mol. The second-order valence-corrected chi connectivity index (χ2v) is 4.70. The van der Waals surface area contributed by atoms with Crippen LogP contribution in [-0.2, 0) is 20.8 Å². The summed E-state index contributed by atoms with van der Waals surface area (Å²) in [4.78, 5) is 35.8. The summed E-state index contributed by atoms with van der Waals surface area (Å²) in [6.07, 6.45) is 0.136. The van der Waals surface area contributed by atoms with E-state index in [1.54, 1.807) is 13.2 Å². The molecule has 0 atom stereocenters. The van der Waals surface area contributed by atoms with Crippen LogP contribution in [0.25, 0.3) is 0 Å². The number of carbonyl (C=O) groups is 3. The van der Waals surface area contributed by atoms with E-state index < -0.39 is 11.8 Å². The topological polar surface area (TPSA) is 75.7 Å². The third-order valence-electron chi connectivity index (χ3n) is 3.13. The first-order valence-corrected chi connectivity index (χ1v) is 6.23. The van der Waals surface area contributed by atoms with Gasteiger partial charge in [0.25, 0.3) is 0 Å². The number of imide groups is 1. The number of benzene rings is 1. The van der Waals surface area contributed by atoms with Gasteiger partial charge in [-0.1, -0.05) is 12.1 Å². The van der Waals surface area contributed by atoms with Crippen molar-refractivity contribution in [1.82, 2.24) is 10.2 Å². The molecule has 1 aliphatic heterocycles. The van der Waals surface area contributed by atoms with Crippen LogP contribution in [-0.4, -0.2) is 42.8 Å². The lowest BCUT2D eigenvalue weighted by molar-refractivity contribution is -0.145. The van der Waals surface area contributed by atoms with Crippen molar-refractivity contribution in [1.29, 1.82) is 0 Å². The van der Waals surface area contributed by atoms with E-state index in [2.05, 4.69) is 5.32 Å². The highest BCUT2D eigenvalue weighted by molar-refractivity contribution is 6.02. The van der Waals surface area contributed by atoms with Crippen LogP contribution in [0.1, 0.15) is 11.1 Å². The number of nitrogens with zero attached hydrogens (tertiary/aromatic N) is 1. The molecule has 0 bridgehead atoms. The molecule has 1 aromatic carbocycles. The molecular weight excluding hydrogens is 260 g/mol. The van der Waals surface area contributed by atoms with E-state index in [-0.39, 0.29) is 25.4 Å². The SMILES string of the molecule is COc1cc(CC(=O)N2CC(=O)NC(=O)C2)ccc1C. The Morgan fingerprint density at radius 2 is 1.95 bits per heavy atom. The van der Waals surface area contributed by atoms with Crippen LogP contribution < -0.4 is 10.1 Å². The molecule has 0 aliphatic carbocycles. The Hall–Kier alpha value is -2.37. The number of methoxy groups -OCH3 is 1. The van der Waals surface area contributed by atoms with Crippen molar-refractivity contribution in [3.05, 3.63) is 29.3 Å². The Morgan fingerprint density at radius 3 is 2.55 bits per heavy atom. The van der Waals surface area contributed by atoms with Gasteiger partial charge >= 0.3 is 0 Å². The van der Waals surface area contributed by atoms with E-state index in [4.69, 9.17) is 4.74 Å². The lowest BCUT2D eigenvalue weighted by atomic mass is 10.1. The Bertz CT molecular complexity index is 552. The predicted octanol–water partition coefficient (Wildman–Crippen LogP) is 0.0311. The van der Waals surface area contributed by atoms with E-state index in [0.29, 0.717) is 5.75 Å². The minimum Gasteiger partial charge on any atom is -0.496 e. The Morgan fingerprint density at radius 1 is 1.30 bits per heavy atom. The van der Waals surface area contributed by atoms with Gasteiger partial charge < -0.3 is 9.64 Å². The fraction of sp³-hybridized carbons (Fsp3) is 0.357. The molecule has 1 N–H and O–H groups in total. The molecule has 0 spiro atoms. The highest BCUT2D eigenvalue weighted by Gasteiger charge is 2.26. The number of rotatable bonds is 3. The van der Waals surface area contributed by atoms with Gasteiger partial charge in [0.05, 0.1) is 13.5 Å². The third-order valence-corrected chi connectivity index (χ3v) is 3.13. The van der Waals surface area contributed by atoms with Crippen LogP contribution in [0.2, 0.25) is 0 Å². The summed E-state index contributed by atoms with van der Waals surface area (Å²) in [5.41, 5.74) is 1.77. The largest absolute Gasteiger partial charge is 0.496 e. The molecular formula is C14H16N2O4. The van der Waals surface area contributed by atoms with Crippen LogP contribution in [0.3, 0.4) is 0 Å². The van der Waals surface area contributed by atoms with Crippen LogP contribution in [0, 0.1) is 6.92 Å². The van der Waals surface area contributed by atoms with Crippen molar-refractivity contribution in [2.24, 2.45) is 0 Å². The number of nitrogens with one attached hydrogen (secondary N) is 1. The van der Waals surface area contributed by atoms with Crippen molar-refractivity contribution < 1.29 is 19.1 Å². The van der Waals surface area contributed by atoms with Crippen LogP contribution in [0.15, 0.2) is 18.2 Å². The average molecular weight is 276 g/mol. The summed E-state index contributed by atoms with van der Waals surface area (Å²) < 4.78 is 5.20. The first kappa shape index (κ1) is 14.0. The van der Waals surface area contributed by atoms with E-state index in [0.717, 1.165) is 11.1 Å². The number of carbonyl (C=O) groups excluding carboxylic acids is 3. The first-order valence-electron chi connectivity index (χ1n) is 6.23. The molecule has 0 radical (unpaired) electrons. The van der Waals surface area contributed by atoms with Gasteiger partial charge in [-0.15, -0.1) is 0 Å². The smallest absolute Gasteiger partial charge is 0.246 e. The lowest BCUT2D eigenvalue weighted by Gasteiger charge is -2.25. The number of piperazine rings is 1. The zero-order valence-electron chi connectivity index (χ0n) is 11.4. The van der Waals surface area contributed by atoms with Gasteiger partial charge in [0.15, 0.2) is 0 Å². The Balaban J connectivity index is 2.07. The number of ether oxygens (including phenoxy) is 1. The van der Waals surface area contributed by atoms with Crippen LogP contribution in [0.5, 0.6) is 5.75 Å². The molecule has 6 heteroatoms. The zero-order valence-corrected chi connectivity index (χ0v) is 11.4. The molecule has 3 amide bonds. The minimum absolute atomic E-state index is 0.0758. The summed E-state index contributed by atoms with van der Waals surface area (Å²) in [6.45, 7) is 1.76. The first-order chi connectivity index (χ1) is 9.49. The quantitative estimate of drug-likeness (QED) is 0.790. The number of aryl methyl sites for hydroxylation is 1. The molecule has 1 fully saturated rings. The average Bonchev–Trinajstić information content (AvgIpc) is 2.39. The second-order valence-electron chi connectivity index (χ2n) is 4.70. The zero-order chi connectivity index (χ0) is 14.7. The molecule has 6 nitrogen and oxygen atoms in total. The second kappa shape index (κ2) is 5.73. The maximum atomic E-state index is 12.1. The van der Waals surface area contributed by atoms with E-state index in [1.165, 1.54) is 4.90 Å². The van der Waals surface area contributed by atoms with Crippen molar-refractivity contribution >= 4 is 17.7 Å². The minimum atomic E-state index is -0.448. The number of hydrogen-bond acceptors (Lipinski definition) is 4. The summed E-state index contributed by atoms with van der Waals surface area (Å²) >= 11 is 0. The fourth-order valence-electron chi connectivity index (χ4n) is 2.07. The van der Waals surface area contributed by atoms with Gasteiger partial charge in [0.1, 0.15) is 18.8 Å². The van der Waals surface area contributed by atoms with Crippen molar-refractivity contribution in [3.63, 3.8) is 0 Å². The molecule has 2 rings (SSSR count). The molecule has 1 heterocycles. The van der Waals surface area contributed by atoms with Gasteiger partial charge in [-0.25, -0.2) is 0 Å². The summed E-state index contributed by atoms with van der Waals surface area (Å²) in [6, 6.07) is 5.50. The summed E-state index contributed by atoms with van der Waals surface area (Å²) in [7, 11) is 1.57. The molecule has 1 saturated heterocycles. The van der Waals surface area contributed by atoms with Crippen LogP contribution in [0.4, 0.5) is 0 Å². The molecule has 0 aromatic heterocycles. The maximum Gasteiger partial charge on any atom is 0.246 e. The van der Waals surface area contributed by atoms with Crippen molar-refractivity contribution in [2.75, 3.05) is 20.2 Å². The van der Waals surface area contributed by atoms with Gasteiger partial charge in [-0.2, -0.15) is 0 Å². The van der Waals surface area contributed by atoms with Gasteiger partial charge in [-0.05, 0) is 24.1 Å². The van der Waals surface area contributed by atoms with Gasteiger partial charge in [0, 0.05) is 0 Å². The van der Waals surface area contributed by atoms with Gasteiger partial charge in [0.2, 0.25) is 17.7 Å². The standard InChI is InChI=1S/C14H16N2O4/c1-9-3-4-10(5-11(9)20-2)6-14(19)16-7-12(17)15-13(18)8-16/h3-5H,6-8H2,1-2H3,(H,15,17,18). The highest BCUT2D eigenvalue weighted by atomic mass is 16.5. The Kier molecular flexibility index (Phi) is 4.02. The van der Waals surface area contributed by atoms with Crippen molar-refractivity contribution in [3.8, 4) is 5.75 Å². The van der Waals surface area contributed by atoms with Gasteiger partial charge in [-0.3, -0.25) is 19.7 Å². The molecule has 0 saturated carbocycles. The van der Waals surface area contributed by atoms with E-state index in [9.17, 15) is 14.4 Å². The maximum absolute atomic E-state index is 12.1. The summed E-state index contributed by atoms with van der Waals surface area (Å²) in [5.74, 6) is -0.436. The molecule has 1 aliphatic rings. The molecule has 20 heavy (non-hydrogen) atoms. The molecule has 1 aromatic rings. The third kappa shape index (κ3) is 3.14. The summed E-state index contributed by atoms with van der Waals surface area (Å²) in [5, 5.41) is 2.16. The van der Waals surface area contributed by atoms with E-state index >= 15 is 0 Å². The molecule has 0 unspecified atom stereocenters. The normalized spacial score (nSPS) is 15.0. The highest BCUT2D eigenvalue weighted by Crippen LogP contribution is 2.19. The Labute approximate surface area is 116 Å². The monoisotopic (exact) mass is 276 g/mol. The number of amides is 3. The lowest BCUT2D eigenvalue weighted by Crippen LogP contribution is -2.53. The number of hydrogen-bond donors (Lipinski definition) is 1. The van der Waals surface area contributed by atoms with Crippen molar-refractivity contribution in [2.45, 2.75) is 13.3 Å². The molecule has 106 valence electrons. The van der Waals surface area contributed by atoms with E-state index in [1.807, 2.05) is 19.1 Å². The van der Waals surface area contributed by atoms with Crippen LogP contribution >= 0.6 is 0 Å². The fourth-order valence-corrected chi connectivity index (χ4v) is 2.07.